The molecule has 19 heavy (non-hydrogen) atoms. The maximum Gasteiger partial charge on any atom is 0.0241 e. The maximum absolute atomic E-state index is 3.55. The highest BCUT2D eigenvalue weighted by Crippen LogP contribution is 2.21. The van der Waals surface area contributed by atoms with Gasteiger partial charge in [-0.1, -0.05) is 38.1 Å². The van der Waals surface area contributed by atoms with Crippen molar-refractivity contribution in [3.8, 4) is 0 Å². The standard InChI is InChI=1S/C16H27N3/c1-3-18(4-2)11-9-17-10-12-19-13-15-7-5-6-8-16(15)14-19/h5-8,17H,3-4,9-14H2,1-2H3. The average molecular weight is 261 g/mol. The number of benzene rings is 1. The van der Waals surface area contributed by atoms with E-state index in [1.54, 1.807) is 0 Å². The summed E-state index contributed by atoms with van der Waals surface area (Å²) in [7, 11) is 0. The summed E-state index contributed by atoms with van der Waals surface area (Å²) in [5.74, 6) is 0. The molecule has 0 aromatic heterocycles. The molecule has 1 aromatic carbocycles. The van der Waals surface area contributed by atoms with Crippen LogP contribution in [0.15, 0.2) is 24.3 Å². The van der Waals surface area contributed by atoms with E-state index in [0.717, 1.165) is 52.4 Å². The molecule has 1 aliphatic heterocycles. The van der Waals surface area contributed by atoms with E-state index in [9.17, 15) is 0 Å². The molecular weight excluding hydrogens is 234 g/mol. The van der Waals surface area contributed by atoms with Crippen LogP contribution in [0.5, 0.6) is 0 Å². The molecule has 0 saturated heterocycles. The largest absolute Gasteiger partial charge is 0.314 e. The Morgan fingerprint density at radius 3 is 2.26 bits per heavy atom. The summed E-state index contributed by atoms with van der Waals surface area (Å²) in [5, 5.41) is 3.55. The summed E-state index contributed by atoms with van der Waals surface area (Å²) >= 11 is 0. The van der Waals surface area contributed by atoms with Crippen molar-refractivity contribution in [1.29, 1.82) is 0 Å². The third-order valence-corrected chi connectivity index (χ3v) is 4.01. The van der Waals surface area contributed by atoms with Gasteiger partial charge in [0.2, 0.25) is 0 Å². The Balaban J connectivity index is 1.58. The molecule has 3 nitrogen and oxygen atoms in total. The van der Waals surface area contributed by atoms with Crippen LogP contribution in [0.25, 0.3) is 0 Å². The van der Waals surface area contributed by atoms with E-state index in [4.69, 9.17) is 0 Å². The van der Waals surface area contributed by atoms with Gasteiger partial charge in [0.1, 0.15) is 0 Å². The van der Waals surface area contributed by atoms with Crippen molar-refractivity contribution in [3.63, 3.8) is 0 Å². The second kappa shape index (κ2) is 7.63. The molecular formula is C16H27N3. The Bertz CT molecular complexity index is 349. The fourth-order valence-corrected chi connectivity index (χ4v) is 2.70. The second-order valence-electron chi connectivity index (χ2n) is 5.26. The molecule has 1 aromatic rings. The van der Waals surface area contributed by atoms with Gasteiger partial charge >= 0.3 is 0 Å². The van der Waals surface area contributed by atoms with Gasteiger partial charge in [-0.2, -0.15) is 0 Å². The van der Waals surface area contributed by atoms with E-state index >= 15 is 0 Å². The first-order valence-electron chi connectivity index (χ1n) is 7.55. The topological polar surface area (TPSA) is 18.5 Å². The summed E-state index contributed by atoms with van der Waals surface area (Å²) in [6, 6.07) is 8.79. The zero-order valence-electron chi connectivity index (χ0n) is 12.4. The fraction of sp³-hybridized carbons (Fsp3) is 0.625. The zero-order valence-corrected chi connectivity index (χ0v) is 12.4. The van der Waals surface area contributed by atoms with Gasteiger partial charge in [0.05, 0.1) is 0 Å². The third kappa shape index (κ3) is 4.30. The number of hydrogen-bond donors (Lipinski definition) is 1. The molecule has 106 valence electrons. The van der Waals surface area contributed by atoms with Gasteiger partial charge in [0.25, 0.3) is 0 Å². The number of nitrogens with one attached hydrogen (secondary N) is 1. The van der Waals surface area contributed by atoms with Gasteiger partial charge in [-0.25, -0.2) is 0 Å². The van der Waals surface area contributed by atoms with Crippen molar-refractivity contribution in [3.05, 3.63) is 35.4 Å². The first-order chi connectivity index (χ1) is 9.33. The number of fused-ring (bicyclic) bond motifs is 1. The Morgan fingerprint density at radius 1 is 1.05 bits per heavy atom. The molecule has 1 heterocycles. The van der Waals surface area contributed by atoms with Gasteiger partial charge in [0, 0.05) is 39.3 Å². The van der Waals surface area contributed by atoms with E-state index in [1.165, 1.54) is 11.1 Å². The van der Waals surface area contributed by atoms with Gasteiger partial charge in [-0.05, 0) is 24.2 Å². The van der Waals surface area contributed by atoms with Crippen LogP contribution in [0.4, 0.5) is 0 Å². The normalized spacial score (nSPS) is 15.1. The van der Waals surface area contributed by atoms with Crippen molar-refractivity contribution < 1.29 is 0 Å². The molecule has 0 aliphatic carbocycles. The van der Waals surface area contributed by atoms with Crippen LogP contribution in [0, 0.1) is 0 Å². The zero-order chi connectivity index (χ0) is 13.5. The minimum absolute atomic E-state index is 1.09. The molecule has 2 rings (SSSR count). The van der Waals surface area contributed by atoms with Crippen LogP contribution >= 0.6 is 0 Å². The predicted molar refractivity (Wildman–Crippen MR) is 81.2 cm³/mol. The third-order valence-electron chi connectivity index (χ3n) is 4.01. The lowest BCUT2D eigenvalue weighted by Crippen LogP contribution is -2.35. The van der Waals surface area contributed by atoms with Gasteiger partial charge in [-0.3, -0.25) is 4.90 Å². The lowest BCUT2D eigenvalue weighted by Gasteiger charge is -2.19. The number of likely N-dealkylation sites (N-methyl/N-ethyl adjacent to an activating group) is 1. The molecule has 0 unspecified atom stereocenters. The second-order valence-corrected chi connectivity index (χ2v) is 5.26. The Kier molecular flexibility index (Phi) is 5.83. The van der Waals surface area contributed by atoms with Crippen LogP contribution < -0.4 is 5.32 Å². The highest BCUT2D eigenvalue weighted by Gasteiger charge is 2.16. The lowest BCUT2D eigenvalue weighted by atomic mass is 10.1. The molecule has 0 fully saturated rings. The smallest absolute Gasteiger partial charge is 0.0241 e. The Morgan fingerprint density at radius 2 is 1.68 bits per heavy atom. The number of hydrogen-bond acceptors (Lipinski definition) is 3. The highest BCUT2D eigenvalue weighted by molar-refractivity contribution is 5.30. The SMILES string of the molecule is CCN(CC)CCNCCN1Cc2ccccc2C1. The molecule has 1 aliphatic rings. The van der Waals surface area contributed by atoms with Gasteiger partial charge in [-0.15, -0.1) is 0 Å². The molecule has 3 heteroatoms. The van der Waals surface area contributed by atoms with Crippen molar-refractivity contribution in [1.82, 2.24) is 15.1 Å². The van der Waals surface area contributed by atoms with E-state index in [-0.39, 0.29) is 0 Å². The van der Waals surface area contributed by atoms with Crippen LogP contribution in [0.1, 0.15) is 25.0 Å². The summed E-state index contributed by atoms with van der Waals surface area (Å²) in [4.78, 5) is 4.98. The summed E-state index contributed by atoms with van der Waals surface area (Å²) in [6.07, 6.45) is 0. The quantitative estimate of drug-likeness (QED) is 0.722. The summed E-state index contributed by atoms with van der Waals surface area (Å²) < 4.78 is 0. The number of nitrogens with zero attached hydrogens (tertiary/aromatic N) is 2. The Hall–Kier alpha value is -0.900. The van der Waals surface area contributed by atoms with Crippen molar-refractivity contribution in [2.45, 2.75) is 26.9 Å². The maximum atomic E-state index is 3.55. The van der Waals surface area contributed by atoms with Crippen LogP contribution in [0.2, 0.25) is 0 Å². The number of rotatable bonds is 8. The first kappa shape index (κ1) is 14.5. The van der Waals surface area contributed by atoms with Crippen LogP contribution in [-0.2, 0) is 13.1 Å². The molecule has 0 radical (unpaired) electrons. The van der Waals surface area contributed by atoms with E-state index in [2.05, 4.69) is 53.2 Å². The molecule has 0 spiro atoms. The molecule has 1 N–H and O–H groups in total. The van der Waals surface area contributed by atoms with Gasteiger partial charge in [0.15, 0.2) is 0 Å². The summed E-state index contributed by atoms with van der Waals surface area (Å²) in [5.41, 5.74) is 3.01. The molecule has 0 atom stereocenters. The van der Waals surface area contributed by atoms with Crippen molar-refractivity contribution >= 4 is 0 Å². The fourth-order valence-electron chi connectivity index (χ4n) is 2.70. The molecule has 0 amide bonds. The van der Waals surface area contributed by atoms with E-state index in [1.807, 2.05) is 0 Å². The van der Waals surface area contributed by atoms with Gasteiger partial charge < -0.3 is 10.2 Å². The van der Waals surface area contributed by atoms with Crippen molar-refractivity contribution in [2.24, 2.45) is 0 Å². The minimum atomic E-state index is 1.09. The molecule has 0 bridgehead atoms. The summed E-state index contributed by atoms with van der Waals surface area (Å²) in [6.45, 7) is 13.5. The first-order valence-corrected chi connectivity index (χ1v) is 7.55. The van der Waals surface area contributed by atoms with E-state index < -0.39 is 0 Å². The van der Waals surface area contributed by atoms with Crippen LogP contribution in [0.3, 0.4) is 0 Å². The minimum Gasteiger partial charge on any atom is -0.314 e. The average Bonchev–Trinajstić information content (AvgIpc) is 2.85. The Labute approximate surface area is 117 Å². The molecule has 0 saturated carbocycles. The van der Waals surface area contributed by atoms with Crippen molar-refractivity contribution in [2.75, 3.05) is 39.3 Å². The lowest BCUT2D eigenvalue weighted by molar-refractivity contribution is 0.272. The monoisotopic (exact) mass is 261 g/mol. The van der Waals surface area contributed by atoms with E-state index in [0.29, 0.717) is 0 Å². The predicted octanol–water partition coefficient (Wildman–Crippen LogP) is 1.93. The van der Waals surface area contributed by atoms with Crippen LogP contribution in [-0.4, -0.2) is 49.1 Å². The highest BCUT2D eigenvalue weighted by atomic mass is 15.2.